The van der Waals surface area contributed by atoms with Crippen molar-refractivity contribution < 1.29 is 20.7 Å². The van der Waals surface area contributed by atoms with Gasteiger partial charge in [-0.05, 0) is 12.1 Å². The second-order valence-electron chi connectivity index (χ2n) is 1.88. The van der Waals surface area contributed by atoms with Crippen molar-refractivity contribution in [1.82, 2.24) is 0 Å². The fourth-order valence-electron chi connectivity index (χ4n) is 0.651. The van der Waals surface area contributed by atoms with Crippen LogP contribution in [0.25, 0.3) is 0 Å². The molecule has 3 heteroatoms. The normalized spacial score (nSPS) is 8.45. The van der Waals surface area contributed by atoms with Gasteiger partial charge in [0.1, 0.15) is 5.82 Å². The Bertz CT molecular complexity index is 186. The first kappa shape index (κ1) is 11.3. The Morgan fingerprint density at radius 3 is 2.09 bits per heavy atom. The van der Waals surface area contributed by atoms with Crippen molar-refractivity contribution in [3.8, 4) is 0 Å². The SMILES string of the molecule is [CH2-]Cc1ccc(F)cc1.[Zn+][Br]. The van der Waals surface area contributed by atoms with Crippen LogP contribution in [0.5, 0.6) is 0 Å². The Balaban J connectivity index is 0.000000461. The summed E-state index contributed by atoms with van der Waals surface area (Å²) in [7, 11) is 0. The standard InChI is InChI=1S/C8H8F.BrH.Zn/c1-2-7-3-5-8(9)6-4-7;;/h3-6H,1-2H2;1H;/q-1;;+2/p-1. The quantitative estimate of drug-likeness (QED) is 0.542. The fraction of sp³-hybridized carbons (Fsp3) is 0.125. The first-order chi connectivity index (χ1) is 5.33. The molecule has 0 saturated carbocycles. The van der Waals surface area contributed by atoms with Gasteiger partial charge >= 0.3 is 30.0 Å². The van der Waals surface area contributed by atoms with Crippen LogP contribution in [-0.2, 0) is 22.8 Å². The molecular weight excluding hydrogens is 260 g/mol. The van der Waals surface area contributed by atoms with E-state index in [2.05, 4.69) is 20.5 Å². The molecule has 0 aliphatic heterocycles. The fourth-order valence-corrected chi connectivity index (χ4v) is 0.651. The second kappa shape index (κ2) is 6.93. The summed E-state index contributed by atoms with van der Waals surface area (Å²) in [6, 6.07) is 6.37. The Morgan fingerprint density at radius 1 is 1.27 bits per heavy atom. The van der Waals surface area contributed by atoms with Crippen LogP contribution in [0.4, 0.5) is 4.39 Å². The van der Waals surface area contributed by atoms with Crippen LogP contribution in [0.3, 0.4) is 0 Å². The van der Waals surface area contributed by atoms with Crippen molar-refractivity contribution in [2.24, 2.45) is 0 Å². The van der Waals surface area contributed by atoms with Gasteiger partial charge in [0, 0.05) is 0 Å². The predicted octanol–water partition coefficient (Wildman–Crippen LogP) is 3.05. The van der Waals surface area contributed by atoms with Gasteiger partial charge in [-0.3, -0.25) is 0 Å². The summed E-state index contributed by atoms with van der Waals surface area (Å²) < 4.78 is 12.2. The van der Waals surface area contributed by atoms with E-state index in [9.17, 15) is 4.39 Å². The molecule has 0 nitrogen and oxygen atoms in total. The van der Waals surface area contributed by atoms with Crippen LogP contribution in [0, 0.1) is 12.7 Å². The summed E-state index contributed by atoms with van der Waals surface area (Å²) >= 11 is 4.25. The van der Waals surface area contributed by atoms with Crippen molar-refractivity contribution in [2.75, 3.05) is 0 Å². The molecule has 0 spiro atoms. The number of rotatable bonds is 1. The first-order valence-corrected chi connectivity index (χ1v) is 10.1. The predicted molar refractivity (Wildman–Crippen MR) is 44.4 cm³/mol. The zero-order valence-electron chi connectivity index (χ0n) is 6.19. The van der Waals surface area contributed by atoms with E-state index in [-0.39, 0.29) is 5.82 Å². The maximum absolute atomic E-state index is 12.2. The molecule has 0 saturated heterocycles. The molecule has 0 aliphatic rings. The minimum absolute atomic E-state index is 0.188. The number of hydrogen-bond acceptors (Lipinski definition) is 0. The van der Waals surface area contributed by atoms with Crippen LogP contribution in [-0.4, -0.2) is 0 Å². The molecule has 0 fully saturated rings. The third kappa shape index (κ3) is 4.65. The molecule has 0 aromatic heterocycles. The number of hydrogen-bond donors (Lipinski definition) is 0. The Kier molecular flexibility index (Phi) is 7.09. The average molecular weight is 268 g/mol. The summed E-state index contributed by atoms with van der Waals surface area (Å²) in [5.74, 6) is -0.188. The van der Waals surface area contributed by atoms with Crippen LogP contribution in [0.15, 0.2) is 24.3 Å². The summed E-state index contributed by atoms with van der Waals surface area (Å²) in [5, 5.41) is 0. The van der Waals surface area contributed by atoms with E-state index >= 15 is 0 Å². The molecule has 0 atom stereocenters. The van der Waals surface area contributed by atoms with Gasteiger partial charge in [0.25, 0.3) is 0 Å². The van der Waals surface area contributed by atoms with E-state index in [1.807, 2.05) is 0 Å². The molecule has 0 N–H and O–H groups in total. The van der Waals surface area contributed by atoms with Crippen LogP contribution >= 0.6 is 13.6 Å². The van der Waals surface area contributed by atoms with Gasteiger partial charge in [-0.1, -0.05) is 17.7 Å². The van der Waals surface area contributed by atoms with E-state index in [1.165, 1.54) is 28.5 Å². The van der Waals surface area contributed by atoms with Gasteiger partial charge in [-0.2, -0.15) is 6.42 Å². The van der Waals surface area contributed by atoms with Crippen LogP contribution in [0.1, 0.15) is 5.56 Å². The summed E-state index contributed by atoms with van der Waals surface area (Å²) in [6.45, 7) is 3.66. The van der Waals surface area contributed by atoms with Crippen molar-refractivity contribution in [3.63, 3.8) is 0 Å². The molecule has 0 bridgehead atoms. The topological polar surface area (TPSA) is 0 Å². The third-order valence-electron chi connectivity index (χ3n) is 1.20. The minimum atomic E-state index is -0.188. The molecule has 1 aromatic rings. The van der Waals surface area contributed by atoms with Crippen LogP contribution in [0.2, 0.25) is 0 Å². The molecule has 0 heterocycles. The van der Waals surface area contributed by atoms with Crippen molar-refractivity contribution in [2.45, 2.75) is 6.42 Å². The van der Waals surface area contributed by atoms with E-state index < -0.39 is 0 Å². The molecule has 1 rings (SSSR count). The van der Waals surface area contributed by atoms with E-state index in [4.69, 9.17) is 0 Å². The van der Waals surface area contributed by atoms with E-state index in [0.29, 0.717) is 0 Å². The average Bonchev–Trinajstić information content (AvgIpc) is 2.10. The number of halogens is 2. The molecule has 0 unspecified atom stereocenters. The molecule has 0 aliphatic carbocycles. The molecule has 11 heavy (non-hydrogen) atoms. The maximum atomic E-state index is 12.2. The molecule has 56 valence electrons. The first-order valence-electron chi connectivity index (χ1n) is 3.13. The van der Waals surface area contributed by atoms with Gasteiger partial charge in [-0.15, -0.1) is 0 Å². The van der Waals surface area contributed by atoms with Crippen molar-refractivity contribution in [3.05, 3.63) is 42.6 Å². The third-order valence-corrected chi connectivity index (χ3v) is 1.20. The van der Waals surface area contributed by atoms with Gasteiger partial charge in [-0.25, -0.2) is 4.39 Å². The molecule has 0 amide bonds. The summed E-state index contributed by atoms with van der Waals surface area (Å²) in [5.41, 5.74) is 1.07. The second-order valence-corrected chi connectivity index (χ2v) is 1.88. The molecule has 0 radical (unpaired) electrons. The zero-order chi connectivity index (χ0) is 8.69. The zero-order valence-corrected chi connectivity index (χ0v) is 10.7. The van der Waals surface area contributed by atoms with Gasteiger partial charge < -0.3 is 6.92 Å². The summed E-state index contributed by atoms with van der Waals surface area (Å²) in [4.78, 5) is 0. The van der Waals surface area contributed by atoms with Gasteiger partial charge in [0.05, 0.1) is 0 Å². The summed E-state index contributed by atoms with van der Waals surface area (Å²) in [6.07, 6.45) is 0.722. The Labute approximate surface area is 83.2 Å². The van der Waals surface area contributed by atoms with Crippen molar-refractivity contribution >= 4 is 13.6 Å². The van der Waals surface area contributed by atoms with Gasteiger partial charge in [0.2, 0.25) is 0 Å². The molecular formula is C8H8BrFZn. The van der Waals surface area contributed by atoms with Gasteiger partial charge in [0.15, 0.2) is 0 Å². The Hall–Kier alpha value is 0.253. The monoisotopic (exact) mass is 266 g/mol. The van der Waals surface area contributed by atoms with Crippen LogP contribution < -0.4 is 0 Å². The number of benzene rings is 1. The Morgan fingerprint density at radius 2 is 1.73 bits per heavy atom. The van der Waals surface area contributed by atoms with E-state index in [1.54, 1.807) is 12.1 Å². The van der Waals surface area contributed by atoms with E-state index in [0.717, 1.165) is 12.0 Å². The molecule has 1 aromatic carbocycles. The van der Waals surface area contributed by atoms with Crippen molar-refractivity contribution in [1.29, 1.82) is 0 Å².